The summed E-state index contributed by atoms with van der Waals surface area (Å²) in [5, 5.41) is 9.93. The van der Waals surface area contributed by atoms with Crippen LogP contribution in [0.3, 0.4) is 0 Å². The van der Waals surface area contributed by atoms with Gasteiger partial charge in [-0.15, -0.1) is 0 Å². The van der Waals surface area contributed by atoms with Crippen LogP contribution in [-0.4, -0.2) is 11.4 Å². The standard InChI is InChI=1S/C18H30O2S/c19-18(20-21)13-6-7-15-12(10-13)5-9-16-14-3-1-2-11(14)4-8-17(15)16/h11-19,21H,1-10H2/t11-,12?,13?,14+,15-,16-,17+,18?/m0/s1. The zero-order valence-corrected chi connectivity index (χ0v) is 13.9. The van der Waals surface area contributed by atoms with E-state index in [9.17, 15) is 5.11 Å². The number of rotatable bonds is 2. The quantitative estimate of drug-likeness (QED) is 0.449. The van der Waals surface area contributed by atoms with Crippen LogP contribution in [-0.2, 0) is 4.18 Å². The highest BCUT2D eigenvalue weighted by Crippen LogP contribution is 2.58. The minimum Gasteiger partial charge on any atom is -0.367 e. The molecule has 0 saturated heterocycles. The molecule has 0 amide bonds. The third-order valence-electron chi connectivity index (χ3n) is 7.70. The second-order valence-electron chi connectivity index (χ2n) is 8.33. The van der Waals surface area contributed by atoms with Gasteiger partial charge in [0.1, 0.15) is 0 Å². The predicted octanol–water partition coefficient (Wildman–Crippen LogP) is 4.44. The zero-order chi connectivity index (χ0) is 14.4. The van der Waals surface area contributed by atoms with E-state index in [0.717, 1.165) is 41.9 Å². The number of thiol groups is 1. The first-order valence-corrected chi connectivity index (χ1v) is 9.62. The maximum atomic E-state index is 9.93. The number of aliphatic hydroxyl groups is 1. The molecule has 4 rings (SSSR count). The van der Waals surface area contributed by atoms with Gasteiger partial charge in [-0.2, -0.15) is 0 Å². The molecular weight excluding hydrogens is 280 g/mol. The first-order valence-electron chi connectivity index (χ1n) is 9.26. The lowest BCUT2D eigenvalue weighted by Crippen LogP contribution is -2.45. The molecule has 0 spiro atoms. The average Bonchev–Trinajstić information content (AvgIpc) is 3.02. The maximum Gasteiger partial charge on any atom is 0.170 e. The largest absolute Gasteiger partial charge is 0.367 e. The summed E-state index contributed by atoms with van der Waals surface area (Å²) in [4.78, 5) is 0. The first kappa shape index (κ1) is 14.8. The molecule has 21 heavy (non-hydrogen) atoms. The summed E-state index contributed by atoms with van der Waals surface area (Å²) in [5.74, 6) is 6.35. The van der Waals surface area contributed by atoms with Gasteiger partial charge in [-0.1, -0.05) is 12.8 Å². The topological polar surface area (TPSA) is 29.5 Å². The van der Waals surface area contributed by atoms with Crippen LogP contribution in [0, 0.1) is 41.4 Å². The average molecular weight is 311 g/mol. The minimum atomic E-state index is -0.655. The lowest BCUT2D eigenvalue weighted by atomic mass is 9.53. The Morgan fingerprint density at radius 3 is 2.19 bits per heavy atom. The predicted molar refractivity (Wildman–Crippen MR) is 86.7 cm³/mol. The summed E-state index contributed by atoms with van der Waals surface area (Å²) in [6.07, 6.45) is 13.4. The molecule has 0 aromatic heterocycles. The van der Waals surface area contributed by atoms with E-state index in [1.54, 1.807) is 0 Å². The second-order valence-corrected chi connectivity index (χ2v) is 8.54. The number of hydrogen-bond acceptors (Lipinski definition) is 3. The lowest BCUT2D eigenvalue weighted by Gasteiger charge is -2.53. The fourth-order valence-corrected chi connectivity index (χ4v) is 7.03. The van der Waals surface area contributed by atoms with Crippen LogP contribution in [0.15, 0.2) is 0 Å². The van der Waals surface area contributed by atoms with E-state index in [1.807, 2.05) is 0 Å². The van der Waals surface area contributed by atoms with Crippen LogP contribution in [0.25, 0.3) is 0 Å². The monoisotopic (exact) mass is 310 g/mol. The number of fused-ring (bicyclic) bond motifs is 5. The Morgan fingerprint density at radius 1 is 0.762 bits per heavy atom. The lowest BCUT2D eigenvalue weighted by molar-refractivity contribution is -0.0948. The van der Waals surface area contributed by atoms with Gasteiger partial charge >= 0.3 is 0 Å². The fourth-order valence-electron chi connectivity index (χ4n) is 6.86. The molecule has 0 bridgehead atoms. The van der Waals surface area contributed by atoms with Gasteiger partial charge < -0.3 is 5.11 Å². The van der Waals surface area contributed by atoms with Gasteiger partial charge in [0, 0.05) is 5.92 Å². The van der Waals surface area contributed by atoms with Crippen molar-refractivity contribution in [3.05, 3.63) is 0 Å². The van der Waals surface area contributed by atoms with Gasteiger partial charge in [-0.3, -0.25) is 4.18 Å². The smallest absolute Gasteiger partial charge is 0.170 e. The molecule has 4 saturated carbocycles. The molecule has 2 nitrogen and oxygen atoms in total. The molecule has 120 valence electrons. The van der Waals surface area contributed by atoms with E-state index < -0.39 is 6.29 Å². The van der Waals surface area contributed by atoms with E-state index in [1.165, 1.54) is 57.8 Å². The van der Waals surface area contributed by atoms with Crippen LogP contribution >= 0.6 is 12.9 Å². The van der Waals surface area contributed by atoms with Crippen molar-refractivity contribution in [2.24, 2.45) is 41.4 Å². The fraction of sp³-hybridized carbons (Fsp3) is 1.00. The second kappa shape index (κ2) is 6.05. The zero-order valence-electron chi connectivity index (χ0n) is 13.0. The minimum absolute atomic E-state index is 0.322. The van der Waals surface area contributed by atoms with E-state index in [4.69, 9.17) is 4.18 Å². The molecule has 0 heterocycles. The Kier molecular flexibility index (Phi) is 4.27. The van der Waals surface area contributed by atoms with Crippen molar-refractivity contribution >= 4 is 12.9 Å². The summed E-state index contributed by atoms with van der Waals surface area (Å²) in [6.45, 7) is 0. The molecule has 0 aromatic carbocycles. The van der Waals surface area contributed by atoms with E-state index >= 15 is 0 Å². The third-order valence-corrected chi connectivity index (χ3v) is 7.92. The molecule has 4 fully saturated rings. The maximum absolute atomic E-state index is 9.93. The Hall–Kier alpha value is 0.270. The Balaban J connectivity index is 1.45. The van der Waals surface area contributed by atoms with Crippen molar-refractivity contribution in [2.45, 2.75) is 70.5 Å². The molecule has 4 aliphatic carbocycles. The molecule has 0 aromatic rings. The molecule has 4 aliphatic rings. The van der Waals surface area contributed by atoms with E-state index in [-0.39, 0.29) is 0 Å². The third kappa shape index (κ3) is 2.57. The highest BCUT2D eigenvalue weighted by Gasteiger charge is 2.49. The SMILES string of the molecule is OC(OS)C1CC[C@H]2C(CC[C@H]3[C@@H]4CCC[C@H]4CC[C@@H]32)C1. The van der Waals surface area contributed by atoms with Gasteiger partial charge in [-0.05, 0) is 99.8 Å². The summed E-state index contributed by atoms with van der Waals surface area (Å²) in [5.41, 5.74) is 0. The van der Waals surface area contributed by atoms with E-state index in [2.05, 4.69) is 12.9 Å². The van der Waals surface area contributed by atoms with Crippen LogP contribution < -0.4 is 0 Å². The highest BCUT2D eigenvalue weighted by molar-refractivity contribution is 7.75. The van der Waals surface area contributed by atoms with Crippen molar-refractivity contribution in [1.29, 1.82) is 0 Å². The van der Waals surface area contributed by atoms with Crippen molar-refractivity contribution in [3.8, 4) is 0 Å². The molecule has 8 atom stereocenters. The van der Waals surface area contributed by atoms with Gasteiger partial charge in [-0.25, -0.2) is 0 Å². The Bertz CT molecular complexity index is 374. The van der Waals surface area contributed by atoms with Crippen LogP contribution in [0.4, 0.5) is 0 Å². The van der Waals surface area contributed by atoms with Gasteiger partial charge in [0.25, 0.3) is 0 Å². The van der Waals surface area contributed by atoms with Gasteiger partial charge in [0.2, 0.25) is 0 Å². The van der Waals surface area contributed by atoms with Crippen LogP contribution in [0.2, 0.25) is 0 Å². The molecule has 3 heteroatoms. The van der Waals surface area contributed by atoms with E-state index in [0.29, 0.717) is 5.92 Å². The number of aliphatic hydroxyl groups excluding tert-OH is 1. The summed E-state index contributed by atoms with van der Waals surface area (Å²) < 4.78 is 4.88. The summed E-state index contributed by atoms with van der Waals surface area (Å²) in [7, 11) is 0. The number of hydrogen-bond donors (Lipinski definition) is 2. The van der Waals surface area contributed by atoms with Crippen molar-refractivity contribution in [2.75, 3.05) is 0 Å². The molecule has 3 unspecified atom stereocenters. The molecular formula is C18H30O2S. The molecule has 1 N–H and O–H groups in total. The highest BCUT2D eigenvalue weighted by atomic mass is 32.1. The van der Waals surface area contributed by atoms with Crippen LogP contribution in [0.5, 0.6) is 0 Å². The van der Waals surface area contributed by atoms with Crippen molar-refractivity contribution in [1.82, 2.24) is 0 Å². The van der Waals surface area contributed by atoms with Crippen LogP contribution in [0.1, 0.15) is 64.2 Å². The summed E-state index contributed by atoms with van der Waals surface area (Å²) >= 11 is 3.81. The van der Waals surface area contributed by atoms with Crippen molar-refractivity contribution in [3.63, 3.8) is 0 Å². The van der Waals surface area contributed by atoms with Crippen molar-refractivity contribution < 1.29 is 9.29 Å². The first-order chi connectivity index (χ1) is 10.3. The normalized spacial score (nSPS) is 50.9. The van der Waals surface area contributed by atoms with Gasteiger partial charge in [0.05, 0.1) is 0 Å². The molecule has 0 radical (unpaired) electrons. The Morgan fingerprint density at radius 2 is 1.43 bits per heavy atom. The molecule has 0 aliphatic heterocycles. The summed E-state index contributed by atoms with van der Waals surface area (Å²) in [6, 6.07) is 0. The Labute approximate surface area is 134 Å². The van der Waals surface area contributed by atoms with Gasteiger partial charge in [0.15, 0.2) is 6.29 Å².